The van der Waals surface area contributed by atoms with Gasteiger partial charge in [0.2, 0.25) is 5.91 Å². The van der Waals surface area contributed by atoms with E-state index in [2.05, 4.69) is 20.2 Å². The topological polar surface area (TPSA) is 93.1 Å². The Hall–Kier alpha value is -2.88. The first-order chi connectivity index (χ1) is 14.7. The van der Waals surface area contributed by atoms with Gasteiger partial charge in [-0.15, -0.1) is 22.9 Å². The summed E-state index contributed by atoms with van der Waals surface area (Å²) in [4.78, 5) is 33.2. The molecule has 4 heterocycles. The fraction of sp³-hybridized carbons (Fsp3) is 0.250. The van der Waals surface area contributed by atoms with E-state index in [-0.39, 0.29) is 11.8 Å². The van der Waals surface area contributed by atoms with Gasteiger partial charge in [-0.3, -0.25) is 4.79 Å². The number of hydrogen-bond acceptors (Lipinski definition) is 8. The fourth-order valence-electron chi connectivity index (χ4n) is 3.37. The third-order valence-corrected chi connectivity index (χ3v) is 6.11. The molecule has 4 aromatic rings. The summed E-state index contributed by atoms with van der Waals surface area (Å²) in [5.74, 6) is 1.14. The minimum atomic E-state index is -0.250. The fourth-order valence-corrected chi connectivity index (χ4v) is 4.49. The highest BCUT2D eigenvalue weighted by atomic mass is 35.5. The molecule has 10 heteroatoms. The summed E-state index contributed by atoms with van der Waals surface area (Å²) in [7, 11) is 0. The third-order valence-electron chi connectivity index (χ3n) is 4.79. The van der Waals surface area contributed by atoms with Crippen molar-refractivity contribution >= 4 is 60.9 Å². The molecule has 0 atom stereocenters. The number of alkyl halides is 1. The summed E-state index contributed by atoms with van der Waals surface area (Å²) in [5.41, 5.74) is 3.10. The van der Waals surface area contributed by atoms with Crippen LogP contribution in [0, 0.1) is 0 Å². The summed E-state index contributed by atoms with van der Waals surface area (Å²) in [6, 6.07) is 7.39. The van der Waals surface area contributed by atoms with Gasteiger partial charge in [0.05, 0.1) is 17.9 Å². The number of anilines is 2. The van der Waals surface area contributed by atoms with E-state index in [9.17, 15) is 4.79 Å². The first-order valence-electron chi connectivity index (χ1n) is 9.43. The second-order valence-electron chi connectivity index (χ2n) is 6.72. The van der Waals surface area contributed by atoms with E-state index in [0.717, 1.165) is 45.0 Å². The molecular weight excluding hydrogens is 424 g/mol. The van der Waals surface area contributed by atoms with Gasteiger partial charge in [0.1, 0.15) is 21.7 Å². The molecule has 152 valence electrons. The van der Waals surface area contributed by atoms with E-state index in [1.165, 1.54) is 0 Å². The van der Waals surface area contributed by atoms with Crippen LogP contribution in [0.5, 0.6) is 0 Å². The highest BCUT2D eigenvalue weighted by molar-refractivity contribution is 7.25. The van der Waals surface area contributed by atoms with E-state index >= 15 is 0 Å². The Morgan fingerprint density at radius 3 is 2.63 bits per heavy atom. The number of halogens is 1. The number of nitrogens with zero attached hydrogens (tertiary/aromatic N) is 5. The SMILES string of the molecule is O=C(CCl)Nc1ccc(-c2nc(N3CCOCC3)c3sc4nccnc4c3n2)cc1. The van der Waals surface area contributed by atoms with Crippen LogP contribution in [-0.2, 0) is 9.53 Å². The van der Waals surface area contributed by atoms with Gasteiger partial charge in [0.25, 0.3) is 0 Å². The van der Waals surface area contributed by atoms with Crippen molar-refractivity contribution in [3.8, 4) is 11.4 Å². The van der Waals surface area contributed by atoms with Crippen molar-refractivity contribution in [2.45, 2.75) is 0 Å². The quantitative estimate of drug-likeness (QED) is 0.486. The molecule has 0 aliphatic carbocycles. The van der Waals surface area contributed by atoms with Gasteiger partial charge < -0.3 is 15.0 Å². The third kappa shape index (κ3) is 3.55. The van der Waals surface area contributed by atoms with E-state index in [0.29, 0.717) is 24.7 Å². The normalized spacial score (nSPS) is 14.4. The standard InChI is InChI=1S/C20H17ClN6O2S/c21-11-14(28)24-13-3-1-12(2-4-13)18-25-15-16-20(23-6-5-22-16)30-17(15)19(26-18)27-7-9-29-10-8-27/h1-6H,7-11H2,(H,24,28). The number of amides is 1. The van der Waals surface area contributed by atoms with Gasteiger partial charge in [-0.05, 0) is 24.3 Å². The second-order valence-corrected chi connectivity index (χ2v) is 7.99. The molecule has 1 amide bonds. The van der Waals surface area contributed by atoms with E-state index in [1.807, 2.05) is 24.3 Å². The Balaban J connectivity index is 1.63. The van der Waals surface area contributed by atoms with Crippen molar-refractivity contribution in [3.63, 3.8) is 0 Å². The monoisotopic (exact) mass is 440 g/mol. The molecular formula is C20H17ClN6O2S. The number of aromatic nitrogens is 4. The van der Waals surface area contributed by atoms with Crippen LogP contribution in [0.25, 0.3) is 32.0 Å². The van der Waals surface area contributed by atoms with Crippen molar-refractivity contribution in [2.75, 3.05) is 42.4 Å². The Morgan fingerprint density at radius 1 is 1.10 bits per heavy atom. The number of carbonyl (C=O) groups is 1. The summed E-state index contributed by atoms with van der Waals surface area (Å²) in [6.07, 6.45) is 3.37. The maximum Gasteiger partial charge on any atom is 0.239 e. The van der Waals surface area contributed by atoms with Crippen LogP contribution in [-0.4, -0.2) is 58.0 Å². The van der Waals surface area contributed by atoms with Crippen LogP contribution in [0.3, 0.4) is 0 Å². The highest BCUT2D eigenvalue weighted by Crippen LogP contribution is 2.37. The van der Waals surface area contributed by atoms with Crippen molar-refractivity contribution in [3.05, 3.63) is 36.7 Å². The molecule has 0 bridgehead atoms. The summed E-state index contributed by atoms with van der Waals surface area (Å²) < 4.78 is 6.49. The largest absolute Gasteiger partial charge is 0.378 e. The Labute approximate surface area is 180 Å². The average Bonchev–Trinajstić information content (AvgIpc) is 3.18. The molecule has 1 aliphatic heterocycles. The lowest BCUT2D eigenvalue weighted by molar-refractivity contribution is -0.113. The van der Waals surface area contributed by atoms with Crippen LogP contribution in [0.1, 0.15) is 0 Å². The lowest BCUT2D eigenvalue weighted by Crippen LogP contribution is -2.36. The molecule has 1 aromatic carbocycles. The first kappa shape index (κ1) is 19.1. The van der Waals surface area contributed by atoms with Gasteiger partial charge in [-0.1, -0.05) is 0 Å². The van der Waals surface area contributed by atoms with Crippen LogP contribution >= 0.6 is 22.9 Å². The number of rotatable bonds is 4. The van der Waals surface area contributed by atoms with Crippen molar-refractivity contribution in [1.29, 1.82) is 0 Å². The zero-order chi connectivity index (χ0) is 20.5. The molecule has 0 radical (unpaired) electrons. The van der Waals surface area contributed by atoms with Gasteiger partial charge in [-0.25, -0.2) is 19.9 Å². The predicted molar refractivity (Wildman–Crippen MR) is 118 cm³/mol. The van der Waals surface area contributed by atoms with Gasteiger partial charge in [-0.2, -0.15) is 0 Å². The van der Waals surface area contributed by atoms with Crippen LogP contribution in [0.2, 0.25) is 0 Å². The van der Waals surface area contributed by atoms with E-state index in [1.54, 1.807) is 23.7 Å². The van der Waals surface area contributed by atoms with Gasteiger partial charge >= 0.3 is 0 Å². The molecule has 1 aliphatic rings. The van der Waals surface area contributed by atoms with Crippen molar-refractivity contribution in [1.82, 2.24) is 19.9 Å². The minimum absolute atomic E-state index is 0.0866. The van der Waals surface area contributed by atoms with Gasteiger partial charge in [0.15, 0.2) is 11.6 Å². The molecule has 30 heavy (non-hydrogen) atoms. The molecule has 0 spiro atoms. The van der Waals surface area contributed by atoms with Crippen LogP contribution in [0.4, 0.5) is 11.5 Å². The average molecular weight is 441 g/mol. The molecule has 1 saturated heterocycles. The summed E-state index contributed by atoms with van der Waals surface area (Å²) in [5, 5.41) is 2.73. The number of ether oxygens (including phenoxy) is 1. The van der Waals surface area contributed by atoms with Crippen LogP contribution in [0.15, 0.2) is 36.7 Å². The summed E-state index contributed by atoms with van der Waals surface area (Å²) in [6.45, 7) is 2.86. The van der Waals surface area contributed by atoms with E-state index < -0.39 is 0 Å². The number of thiophene rings is 1. The molecule has 1 fully saturated rings. The predicted octanol–water partition coefficient (Wildman–Crippen LogP) is 3.32. The number of fused-ring (bicyclic) bond motifs is 3. The second kappa shape index (κ2) is 8.10. The molecule has 8 nitrogen and oxygen atoms in total. The first-order valence-corrected chi connectivity index (χ1v) is 10.8. The molecule has 1 N–H and O–H groups in total. The Kier molecular flexibility index (Phi) is 5.16. The number of morpholine rings is 1. The Morgan fingerprint density at radius 2 is 1.87 bits per heavy atom. The zero-order valence-corrected chi connectivity index (χ0v) is 17.4. The number of benzene rings is 1. The smallest absolute Gasteiger partial charge is 0.239 e. The lowest BCUT2D eigenvalue weighted by atomic mass is 10.2. The maximum atomic E-state index is 11.5. The van der Waals surface area contributed by atoms with Crippen molar-refractivity contribution in [2.24, 2.45) is 0 Å². The summed E-state index contributed by atoms with van der Waals surface area (Å²) >= 11 is 7.11. The van der Waals surface area contributed by atoms with E-state index in [4.69, 9.17) is 26.3 Å². The molecule has 0 unspecified atom stereocenters. The molecule has 3 aromatic heterocycles. The highest BCUT2D eigenvalue weighted by Gasteiger charge is 2.22. The number of carbonyl (C=O) groups excluding carboxylic acids is 1. The number of hydrogen-bond donors (Lipinski definition) is 1. The maximum absolute atomic E-state index is 11.5. The zero-order valence-electron chi connectivity index (χ0n) is 15.8. The van der Waals surface area contributed by atoms with Gasteiger partial charge in [0, 0.05) is 36.7 Å². The minimum Gasteiger partial charge on any atom is -0.378 e. The van der Waals surface area contributed by atoms with Crippen LogP contribution < -0.4 is 10.2 Å². The van der Waals surface area contributed by atoms with Crippen molar-refractivity contribution < 1.29 is 9.53 Å². The molecule has 0 saturated carbocycles. The Bertz CT molecular complexity index is 1220. The molecule has 5 rings (SSSR count). The lowest BCUT2D eigenvalue weighted by Gasteiger charge is -2.28. The number of nitrogens with one attached hydrogen (secondary N) is 1.